The minimum atomic E-state index is -0.910. The Bertz CT molecular complexity index is 435. The lowest BCUT2D eigenvalue weighted by Crippen LogP contribution is -2.16. The summed E-state index contributed by atoms with van der Waals surface area (Å²) in [5.74, 6) is -2.22. The van der Waals surface area contributed by atoms with E-state index in [2.05, 4.69) is 9.72 Å². The van der Waals surface area contributed by atoms with E-state index >= 15 is 0 Å². The van der Waals surface area contributed by atoms with Crippen molar-refractivity contribution in [2.75, 3.05) is 6.61 Å². The van der Waals surface area contributed by atoms with E-state index in [9.17, 15) is 25.0 Å². The van der Waals surface area contributed by atoms with Crippen molar-refractivity contribution in [2.24, 2.45) is 0 Å². The Balaban J connectivity index is 3.08. The van der Waals surface area contributed by atoms with Crippen LogP contribution in [0.25, 0.3) is 0 Å². The van der Waals surface area contributed by atoms with E-state index in [1.807, 2.05) is 0 Å². The molecule has 17 heavy (non-hydrogen) atoms. The van der Waals surface area contributed by atoms with E-state index in [4.69, 9.17) is 0 Å². The number of carbonyl (C=O) groups is 1. The van der Waals surface area contributed by atoms with Crippen molar-refractivity contribution in [1.82, 2.24) is 9.55 Å². The molecule has 0 unspecified atom stereocenters. The highest BCUT2D eigenvalue weighted by molar-refractivity contribution is 5.70. The predicted octanol–water partition coefficient (Wildman–Crippen LogP) is 0.263. The van der Waals surface area contributed by atoms with E-state index in [1.54, 1.807) is 6.92 Å². The van der Waals surface area contributed by atoms with Gasteiger partial charge >= 0.3 is 17.7 Å². The van der Waals surface area contributed by atoms with Gasteiger partial charge in [0, 0.05) is 0 Å². The third-order valence-electron chi connectivity index (χ3n) is 1.76. The monoisotopic (exact) mass is 244 g/mol. The summed E-state index contributed by atoms with van der Waals surface area (Å²) < 4.78 is 5.13. The van der Waals surface area contributed by atoms with Crippen LogP contribution in [0.2, 0.25) is 0 Å². The molecule has 1 aromatic rings. The molecule has 0 amide bonds. The largest absolute Gasteiger partial charge is 0.464 e. The maximum absolute atomic E-state index is 11.1. The van der Waals surface area contributed by atoms with Gasteiger partial charge in [-0.3, -0.25) is 0 Å². The summed E-state index contributed by atoms with van der Waals surface area (Å²) in [5.41, 5.74) is 0. The Morgan fingerprint density at radius 3 is 2.59 bits per heavy atom. The molecule has 10 heteroatoms. The number of ether oxygens (including phenoxy) is 1. The molecule has 0 aliphatic rings. The van der Waals surface area contributed by atoms with Crippen molar-refractivity contribution in [3.05, 3.63) is 26.4 Å². The zero-order chi connectivity index (χ0) is 13.0. The second kappa shape index (κ2) is 5.01. The fourth-order valence-electron chi connectivity index (χ4n) is 1.14. The van der Waals surface area contributed by atoms with Crippen molar-refractivity contribution in [3.63, 3.8) is 0 Å². The van der Waals surface area contributed by atoms with E-state index in [0.717, 1.165) is 6.20 Å². The van der Waals surface area contributed by atoms with Gasteiger partial charge in [0.1, 0.15) is 0 Å². The van der Waals surface area contributed by atoms with Crippen LogP contribution < -0.4 is 0 Å². The third-order valence-corrected chi connectivity index (χ3v) is 1.76. The molecule has 0 aromatic carbocycles. The third kappa shape index (κ3) is 2.74. The van der Waals surface area contributed by atoms with Crippen molar-refractivity contribution in [1.29, 1.82) is 0 Å². The summed E-state index contributed by atoms with van der Waals surface area (Å²) in [5, 5.41) is 21.1. The molecule has 1 heterocycles. The Morgan fingerprint density at radius 1 is 1.47 bits per heavy atom. The molecule has 0 atom stereocenters. The molecule has 1 aromatic heterocycles. The quantitative estimate of drug-likeness (QED) is 0.412. The van der Waals surface area contributed by atoms with Gasteiger partial charge in [0.15, 0.2) is 12.7 Å². The molecular formula is C7H8N4O6. The lowest BCUT2D eigenvalue weighted by molar-refractivity contribution is -0.407. The Hall–Kier alpha value is -2.52. The van der Waals surface area contributed by atoms with E-state index in [-0.39, 0.29) is 6.61 Å². The highest BCUT2D eigenvalue weighted by Gasteiger charge is 2.27. The van der Waals surface area contributed by atoms with E-state index in [1.165, 1.54) is 0 Å². The van der Waals surface area contributed by atoms with Gasteiger partial charge in [0.2, 0.25) is 0 Å². The van der Waals surface area contributed by atoms with Gasteiger partial charge < -0.3 is 25.0 Å². The number of nitrogens with zero attached hydrogens (tertiary/aromatic N) is 4. The molecule has 10 nitrogen and oxygen atoms in total. The molecule has 0 N–H and O–H groups in total. The van der Waals surface area contributed by atoms with Crippen molar-refractivity contribution in [3.8, 4) is 0 Å². The molecule has 0 spiro atoms. The fraction of sp³-hybridized carbons (Fsp3) is 0.429. The summed E-state index contributed by atoms with van der Waals surface area (Å²) >= 11 is 0. The molecule has 0 aliphatic heterocycles. The topological polar surface area (TPSA) is 130 Å². The van der Waals surface area contributed by atoms with Crippen LogP contribution in [-0.2, 0) is 16.1 Å². The minimum absolute atomic E-state index is 0.0785. The van der Waals surface area contributed by atoms with Gasteiger partial charge in [-0.2, -0.15) is 4.57 Å². The molecule has 0 fully saturated rings. The summed E-state index contributed by atoms with van der Waals surface area (Å²) in [4.78, 5) is 33.7. The number of aromatic nitrogens is 2. The highest BCUT2D eigenvalue weighted by Crippen LogP contribution is 2.19. The first kappa shape index (κ1) is 12.5. The normalized spacial score (nSPS) is 9.94. The summed E-state index contributed by atoms with van der Waals surface area (Å²) in [6, 6.07) is 0. The number of carbonyl (C=O) groups excluding carboxylic acids is 1. The molecule has 0 aliphatic carbocycles. The minimum Gasteiger partial charge on any atom is -0.464 e. The maximum Gasteiger partial charge on any atom is 0.438 e. The van der Waals surface area contributed by atoms with Crippen LogP contribution in [0.5, 0.6) is 0 Å². The van der Waals surface area contributed by atoms with Gasteiger partial charge in [-0.05, 0) is 16.8 Å². The molecule has 92 valence electrons. The van der Waals surface area contributed by atoms with Crippen LogP contribution in [-0.4, -0.2) is 32.0 Å². The number of nitro groups is 2. The van der Waals surface area contributed by atoms with Crippen molar-refractivity contribution >= 4 is 17.7 Å². The number of esters is 1. The zero-order valence-electron chi connectivity index (χ0n) is 8.73. The van der Waals surface area contributed by atoms with Crippen LogP contribution >= 0.6 is 0 Å². The number of hydrogen-bond acceptors (Lipinski definition) is 7. The predicted molar refractivity (Wildman–Crippen MR) is 52.2 cm³/mol. The second-order valence-corrected chi connectivity index (χ2v) is 2.82. The molecule has 0 saturated carbocycles. The molecule has 0 saturated heterocycles. The van der Waals surface area contributed by atoms with Crippen LogP contribution in [0.4, 0.5) is 11.8 Å². The van der Waals surface area contributed by atoms with Gasteiger partial charge in [0.05, 0.1) is 6.61 Å². The molecule has 1 rings (SSSR count). The van der Waals surface area contributed by atoms with Crippen molar-refractivity contribution in [2.45, 2.75) is 13.5 Å². The first-order valence-electron chi connectivity index (χ1n) is 4.47. The average molecular weight is 244 g/mol. The first-order valence-corrected chi connectivity index (χ1v) is 4.47. The average Bonchev–Trinajstić information content (AvgIpc) is 2.61. The molecule has 0 radical (unpaired) electrons. The van der Waals surface area contributed by atoms with Gasteiger partial charge in [-0.1, -0.05) is 4.98 Å². The Labute approximate surface area is 94.1 Å². The highest BCUT2D eigenvalue weighted by atomic mass is 16.6. The SMILES string of the molecule is CCOC(=O)Cn1c([N+](=O)[O-])cnc1[N+](=O)[O-]. The van der Waals surface area contributed by atoms with Gasteiger partial charge in [0.25, 0.3) is 0 Å². The molecule has 0 bridgehead atoms. The summed E-state index contributed by atoms with van der Waals surface area (Å²) in [6.07, 6.45) is 0.720. The number of rotatable bonds is 5. The van der Waals surface area contributed by atoms with Crippen LogP contribution in [0, 0.1) is 20.2 Å². The zero-order valence-corrected chi connectivity index (χ0v) is 8.73. The Morgan fingerprint density at radius 2 is 2.12 bits per heavy atom. The lowest BCUT2D eigenvalue weighted by atomic mass is 10.6. The maximum atomic E-state index is 11.1. The number of hydrogen-bond donors (Lipinski definition) is 0. The standard InChI is InChI=1S/C7H8N4O6/c1-2-17-6(12)4-9-5(10(13)14)3-8-7(9)11(15)16/h3H,2,4H2,1H3. The Kier molecular flexibility index (Phi) is 3.70. The van der Waals surface area contributed by atoms with E-state index in [0.29, 0.717) is 4.57 Å². The number of imidazole rings is 1. The van der Waals surface area contributed by atoms with Crippen LogP contribution in [0.3, 0.4) is 0 Å². The smallest absolute Gasteiger partial charge is 0.438 e. The van der Waals surface area contributed by atoms with Crippen molar-refractivity contribution < 1.29 is 19.4 Å². The van der Waals surface area contributed by atoms with Crippen LogP contribution in [0.15, 0.2) is 6.20 Å². The van der Waals surface area contributed by atoms with Gasteiger partial charge in [-0.25, -0.2) is 4.79 Å². The summed E-state index contributed by atoms with van der Waals surface area (Å²) in [7, 11) is 0. The lowest BCUT2D eigenvalue weighted by Gasteiger charge is -2.03. The van der Waals surface area contributed by atoms with E-state index < -0.39 is 34.1 Å². The fourth-order valence-corrected chi connectivity index (χ4v) is 1.14. The van der Waals surface area contributed by atoms with Crippen LogP contribution in [0.1, 0.15) is 6.92 Å². The van der Waals surface area contributed by atoms with Gasteiger partial charge in [-0.15, -0.1) is 0 Å². The molecular weight excluding hydrogens is 236 g/mol. The first-order chi connectivity index (χ1) is 7.97. The second-order valence-electron chi connectivity index (χ2n) is 2.82. The summed E-state index contributed by atoms with van der Waals surface area (Å²) in [6.45, 7) is 1.00.